The zero-order valence-electron chi connectivity index (χ0n) is 5.14. The minimum atomic E-state index is -0.570. The van der Waals surface area contributed by atoms with Crippen LogP contribution in [0.5, 0.6) is 0 Å². The summed E-state index contributed by atoms with van der Waals surface area (Å²) in [6, 6.07) is 2.94. The van der Waals surface area contributed by atoms with E-state index >= 15 is 0 Å². The smallest absolute Gasteiger partial charge is 0.262 e. The Bertz CT molecular complexity index is 277. The molecule has 0 aromatic carbocycles. The van der Waals surface area contributed by atoms with E-state index in [4.69, 9.17) is 23.2 Å². The SMILES string of the molecule is O=C(Cl)c1ccc(C(=O)Cl)s1. The van der Waals surface area contributed by atoms with Gasteiger partial charge in [0.05, 0.1) is 9.75 Å². The molecule has 0 bridgehead atoms. The van der Waals surface area contributed by atoms with Crippen molar-refractivity contribution in [1.82, 2.24) is 0 Å². The molecule has 0 N–H and O–H groups in total. The molecule has 0 saturated heterocycles. The summed E-state index contributed by atoms with van der Waals surface area (Å²) in [4.78, 5) is 21.7. The summed E-state index contributed by atoms with van der Waals surface area (Å²) in [7, 11) is 0. The van der Waals surface area contributed by atoms with Crippen molar-refractivity contribution in [3.05, 3.63) is 21.9 Å². The summed E-state index contributed by atoms with van der Waals surface area (Å²) in [5.74, 6) is 0. The molecule has 0 aliphatic carbocycles. The first-order valence-electron chi connectivity index (χ1n) is 2.61. The van der Waals surface area contributed by atoms with Gasteiger partial charge in [0, 0.05) is 0 Å². The van der Waals surface area contributed by atoms with E-state index in [1.165, 1.54) is 12.1 Å². The van der Waals surface area contributed by atoms with Crippen LogP contribution in [0.4, 0.5) is 0 Å². The van der Waals surface area contributed by atoms with Gasteiger partial charge in [0.25, 0.3) is 10.5 Å². The number of carbonyl (C=O) groups excluding carboxylic acids is 2. The van der Waals surface area contributed by atoms with Crippen LogP contribution < -0.4 is 0 Å². The van der Waals surface area contributed by atoms with E-state index in [0.717, 1.165) is 11.3 Å². The van der Waals surface area contributed by atoms with Crippen molar-refractivity contribution in [2.75, 3.05) is 0 Å². The van der Waals surface area contributed by atoms with Crippen LogP contribution in [0.3, 0.4) is 0 Å². The van der Waals surface area contributed by atoms with Gasteiger partial charge in [0.15, 0.2) is 0 Å². The fourth-order valence-corrected chi connectivity index (χ4v) is 1.58. The van der Waals surface area contributed by atoms with Gasteiger partial charge in [-0.2, -0.15) is 0 Å². The minimum absolute atomic E-state index is 0.329. The van der Waals surface area contributed by atoms with Gasteiger partial charge in [-0.1, -0.05) is 0 Å². The number of carbonyl (C=O) groups is 2. The van der Waals surface area contributed by atoms with Crippen molar-refractivity contribution in [2.24, 2.45) is 0 Å². The molecular weight excluding hydrogens is 207 g/mol. The van der Waals surface area contributed by atoms with E-state index < -0.39 is 10.5 Å². The van der Waals surface area contributed by atoms with Crippen molar-refractivity contribution >= 4 is 45.0 Å². The van der Waals surface area contributed by atoms with Crippen LogP contribution in [0, 0.1) is 0 Å². The molecular formula is C6H2Cl2O2S. The molecule has 0 fully saturated rings. The van der Waals surface area contributed by atoms with Crippen LogP contribution in [0.1, 0.15) is 19.3 Å². The van der Waals surface area contributed by atoms with E-state index in [0.29, 0.717) is 9.75 Å². The Kier molecular flexibility index (Phi) is 2.65. The highest BCUT2D eigenvalue weighted by Crippen LogP contribution is 2.19. The topological polar surface area (TPSA) is 34.1 Å². The van der Waals surface area contributed by atoms with Crippen molar-refractivity contribution in [1.29, 1.82) is 0 Å². The molecule has 58 valence electrons. The summed E-state index contributed by atoms with van der Waals surface area (Å²) < 4.78 is 0. The molecule has 0 spiro atoms. The predicted octanol–water partition coefficient (Wildman–Crippen LogP) is 2.51. The standard InChI is InChI=1S/C6H2Cl2O2S/c7-5(9)3-1-2-4(11-3)6(8)10/h1-2H. The number of hydrogen-bond acceptors (Lipinski definition) is 3. The van der Waals surface area contributed by atoms with Crippen LogP contribution >= 0.6 is 34.5 Å². The second-order valence-electron chi connectivity index (χ2n) is 1.71. The molecule has 0 atom stereocenters. The molecule has 0 saturated carbocycles. The largest absolute Gasteiger partial charge is 0.275 e. The maximum Gasteiger partial charge on any atom is 0.262 e. The van der Waals surface area contributed by atoms with Gasteiger partial charge in [0.2, 0.25) is 0 Å². The first kappa shape index (κ1) is 8.71. The Morgan fingerprint density at radius 3 is 1.64 bits per heavy atom. The molecule has 1 heterocycles. The molecule has 1 aromatic heterocycles. The fourth-order valence-electron chi connectivity index (χ4n) is 0.549. The number of halogens is 2. The molecule has 0 radical (unpaired) electrons. The lowest BCUT2D eigenvalue weighted by molar-refractivity contribution is 0.107. The molecule has 2 nitrogen and oxygen atoms in total. The third-order valence-corrected chi connectivity index (χ3v) is 2.71. The van der Waals surface area contributed by atoms with Gasteiger partial charge in [0.1, 0.15) is 0 Å². The lowest BCUT2D eigenvalue weighted by atomic mass is 10.4. The Morgan fingerprint density at radius 2 is 1.45 bits per heavy atom. The van der Waals surface area contributed by atoms with Crippen LogP contribution in [0.25, 0.3) is 0 Å². The number of hydrogen-bond donors (Lipinski definition) is 0. The summed E-state index contributed by atoms with van der Waals surface area (Å²) >= 11 is 11.3. The van der Waals surface area contributed by atoms with E-state index in [-0.39, 0.29) is 0 Å². The molecule has 0 aliphatic rings. The number of thiophene rings is 1. The van der Waals surface area contributed by atoms with Gasteiger partial charge in [-0.15, -0.1) is 11.3 Å². The van der Waals surface area contributed by atoms with E-state index in [9.17, 15) is 9.59 Å². The summed E-state index contributed by atoms with van der Waals surface area (Å²) in [6.07, 6.45) is 0. The Hall–Kier alpha value is -0.380. The predicted molar refractivity (Wildman–Crippen MR) is 44.7 cm³/mol. The molecule has 1 aromatic rings. The molecule has 0 unspecified atom stereocenters. The van der Waals surface area contributed by atoms with Gasteiger partial charge in [-0.05, 0) is 35.3 Å². The van der Waals surface area contributed by atoms with Crippen LogP contribution in [-0.2, 0) is 0 Å². The van der Waals surface area contributed by atoms with Gasteiger partial charge < -0.3 is 0 Å². The van der Waals surface area contributed by atoms with E-state index in [1.807, 2.05) is 0 Å². The molecule has 5 heteroatoms. The highest BCUT2D eigenvalue weighted by molar-refractivity contribution is 7.19. The first-order chi connectivity index (χ1) is 5.11. The Labute approximate surface area is 76.7 Å². The van der Waals surface area contributed by atoms with Crippen molar-refractivity contribution in [3.63, 3.8) is 0 Å². The van der Waals surface area contributed by atoms with E-state index in [1.54, 1.807) is 0 Å². The average Bonchev–Trinajstić information content (AvgIpc) is 2.33. The highest BCUT2D eigenvalue weighted by Gasteiger charge is 2.09. The summed E-state index contributed by atoms with van der Waals surface area (Å²) in [6.45, 7) is 0. The van der Waals surface area contributed by atoms with Crippen LogP contribution in [0.2, 0.25) is 0 Å². The summed E-state index contributed by atoms with van der Waals surface area (Å²) in [5.41, 5.74) is 0. The maximum atomic E-state index is 10.5. The average molecular weight is 209 g/mol. The van der Waals surface area contributed by atoms with E-state index in [2.05, 4.69) is 0 Å². The molecule has 1 rings (SSSR count). The summed E-state index contributed by atoms with van der Waals surface area (Å²) in [5, 5.41) is -1.14. The van der Waals surface area contributed by atoms with Gasteiger partial charge in [-0.3, -0.25) is 9.59 Å². The maximum absolute atomic E-state index is 10.5. The molecule has 11 heavy (non-hydrogen) atoms. The lowest BCUT2D eigenvalue weighted by Crippen LogP contribution is -1.81. The van der Waals surface area contributed by atoms with Crippen LogP contribution in [0.15, 0.2) is 12.1 Å². The monoisotopic (exact) mass is 208 g/mol. The lowest BCUT2D eigenvalue weighted by Gasteiger charge is -1.81. The fraction of sp³-hybridized carbons (Fsp3) is 0. The second kappa shape index (κ2) is 3.34. The zero-order valence-corrected chi connectivity index (χ0v) is 7.46. The zero-order chi connectivity index (χ0) is 8.43. The third-order valence-electron chi connectivity index (χ3n) is 0.993. The molecule has 0 amide bonds. The Balaban J connectivity index is 2.99. The highest BCUT2D eigenvalue weighted by atomic mass is 35.5. The Morgan fingerprint density at radius 1 is 1.09 bits per heavy atom. The second-order valence-corrected chi connectivity index (χ2v) is 3.48. The first-order valence-corrected chi connectivity index (χ1v) is 4.18. The minimum Gasteiger partial charge on any atom is -0.275 e. The number of rotatable bonds is 2. The van der Waals surface area contributed by atoms with Gasteiger partial charge >= 0.3 is 0 Å². The molecule has 0 aliphatic heterocycles. The van der Waals surface area contributed by atoms with Crippen molar-refractivity contribution in [2.45, 2.75) is 0 Å². The van der Waals surface area contributed by atoms with Crippen molar-refractivity contribution < 1.29 is 9.59 Å². The van der Waals surface area contributed by atoms with Gasteiger partial charge in [-0.25, -0.2) is 0 Å². The van der Waals surface area contributed by atoms with Crippen molar-refractivity contribution in [3.8, 4) is 0 Å². The van der Waals surface area contributed by atoms with Crippen LogP contribution in [-0.4, -0.2) is 10.5 Å². The third kappa shape index (κ3) is 2.02. The quantitative estimate of drug-likeness (QED) is 0.701. The normalized spacial score (nSPS) is 9.64.